The fourth-order valence-corrected chi connectivity index (χ4v) is 1.11. The van der Waals surface area contributed by atoms with E-state index >= 15 is 0 Å². The van der Waals surface area contributed by atoms with E-state index in [-0.39, 0.29) is 0 Å². The van der Waals surface area contributed by atoms with Gasteiger partial charge in [-0.25, -0.2) is 0 Å². The molecule has 9 heavy (non-hydrogen) atoms. The van der Waals surface area contributed by atoms with Crippen LogP contribution in [-0.2, 0) is 4.74 Å². The largest absolute Gasteiger partial charge is 0.364 e. The molecule has 1 atom stereocenters. The Bertz CT molecular complexity index is 107. The number of likely N-dealkylation sites (tertiary alicyclic amines) is 1. The topological polar surface area (TPSA) is 32.7 Å². The molecule has 0 aliphatic carbocycles. The molecule has 1 rings (SSSR count). The number of hydrogen-bond acceptors (Lipinski definition) is 3. The van der Waals surface area contributed by atoms with Crippen molar-refractivity contribution in [1.82, 2.24) is 4.90 Å². The number of rotatable bonds is 1. The zero-order chi connectivity index (χ0) is 6.91. The van der Waals surface area contributed by atoms with Crippen molar-refractivity contribution in [2.75, 3.05) is 27.2 Å². The zero-order valence-electron chi connectivity index (χ0n) is 5.92. The number of β-amino-alcohol motifs (C(OH)–C–C–N with tert-alkyl or cyclic N) is 1. The van der Waals surface area contributed by atoms with Crippen LogP contribution in [0.5, 0.6) is 0 Å². The Morgan fingerprint density at radius 2 is 2.33 bits per heavy atom. The van der Waals surface area contributed by atoms with E-state index in [1.165, 1.54) is 0 Å². The number of likely N-dealkylation sites (N-methyl/N-ethyl adjacent to an activating group) is 1. The molecule has 0 amide bonds. The Morgan fingerprint density at radius 3 is 2.56 bits per heavy atom. The van der Waals surface area contributed by atoms with Crippen molar-refractivity contribution in [2.24, 2.45) is 0 Å². The van der Waals surface area contributed by atoms with Crippen molar-refractivity contribution in [2.45, 2.75) is 12.2 Å². The first-order valence-corrected chi connectivity index (χ1v) is 3.12. The predicted octanol–water partition coefficient (Wildman–Crippen LogP) is -0.343. The highest BCUT2D eigenvalue weighted by molar-refractivity contribution is 4.79. The molecule has 1 unspecified atom stereocenters. The number of nitrogens with zero attached hydrogens (tertiary/aromatic N) is 1. The van der Waals surface area contributed by atoms with E-state index in [9.17, 15) is 5.11 Å². The average molecular weight is 131 g/mol. The van der Waals surface area contributed by atoms with E-state index in [1.807, 2.05) is 11.9 Å². The fraction of sp³-hybridized carbons (Fsp3) is 1.00. The minimum absolute atomic E-state index is 0.628. The van der Waals surface area contributed by atoms with Crippen LogP contribution in [0.4, 0.5) is 0 Å². The van der Waals surface area contributed by atoms with Crippen LogP contribution in [0, 0.1) is 0 Å². The smallest absolute Gasteiger partial charge is 0.179 e. The summed E-state index contributed by atoms with van der Waals surface area (Å²) in [4.78, 5) is 2.05. The summed E-state index contributed by atoms with van der Waals surface area (Å²) in [5.41, 5.74) is 0. The number of methoxy groups -OCH3 is 1. The van der Waals surface area contributed by atoms with Crippen LogP contribution in [0.3, 0.4) is 0 Å². The van der Waals surface area contributed by atoms with Gasteiger partial charge in [0.25, 0.3) is 0 Å². The molecule has 3 nitrogen and oxygen atoms in total. The van der Waals surface area contributed by atoms with Gasteiger partial charge in [0.15, 0.2) is 5.79 Å². The molecule has 1 aliphatic heterocycles. The van der Waals surface area contributed by atoms with Crippen LogP contribution in [0.1, 0.15) is 6.42 Å². The molecule has 0 aromatic rings. The second kappa shape index (κ2) is 2.25. The van der Waals surface area contributed by atoms with Crippen molar-refractivity contribution >= 4 is 0 Å². The Balaban J connectivity index is 2.45. The summed E-state index contributed by atoms with van der Waals surface area (Å²) in [6.45, 7) is 1.55. The highest BCUT2D eigenvalue weighted by atomic mass is 16.6. The maximum Gasteiger partial charge on any atom is 0.179 e. The van der Waals surface area contributed by atoms with Gasteiger partial charge in [-0.1, -0.05) is 0 Å². The van der Waals surface area contributed by atoms with Gasteiger partial charge in [0.1, 0.15) is 0 Å². The summed E-state index contributed by atoms with van der Waals surface area (Å²) in [6.07, 6.45) is 0.722. The van der Waals surface area contributed by atoms with Crippen LogP contribution >= 0.6 is 0 Å². The molecule has 0 radical (unpaired) electrons. The van der Waals surface area contributed by atoms with Crippen molar-refractivity contribution in [3.05, 3.63) is 0 Å². The van der Waals surface area contributed by atoms with Gasteiger partial charge in [0, 0.05) is 20.1 Å². The Kier molecular flexibility index (Phi) is 1.75. The summed E-state index contributed by atoms with van der Waals surface area (Å²) in [5, 5.41) is 9.41. The minimum Gasteiger partial charge on any atom is -0.364 e. The maximum atomic E-state index is 9.41. The van der Waals surface area contributed by atoms with Gasteiger partial charge in [-0.3, -0.25) is 0 Å². The quantitative estimate of drug-likeness (QED) is 0.494. The molecule has 3 heteroatoms. The van der Waals surface area contributed by atoms with Gasteiger partial charge in [0.05, 0.1) is 6.54 Å². The number of ether oxygens (including phenoxy) is 1. The minimum atomic E-state index is -0.866. The molecule has 0 bridgehead atoms. The van der Waals surface area contributed by atoms with Crippen LogP contribution in [-0.4, -0.2) is 43.0 Å². The van der Waals surface area contributed by atoms with Crippen LogP contribution in [0.2, 0.25) is 0 Å². The molecule has 0 aromatic heterocycles. The Morgan fingerprint density at radius 1 is 1.67 bits per heavy atom. The Hall–Kier alpha value is -0.120. The molecule has 1 saturated heterocycles. The molecular formula is C6H13NO2. The van der Waals surface area contributed by atoms with Crippen LogP contribution < -0.4 is 0 Å². The highest BCUT2D eigenvalue weighted by Gasteiger charge is 2.33. The SMILES string of the molecule is COC1(O)CCN(C)C1. The van der Waals surface area contributed by atoms with Gasteiger partial charge in [-0.05, 0) is 7.05 Å². The third-order valence-electron chi connectivity index (χ3n) is 1.78. The summed E-state index contributed by atoms with van der Waals surface area (Å²) in [7, 11) is 3.51. The number of hydrogen-bond donors (Lipinski definition) is 1. The lowest BCUT2D eigenvalue weighted by atomic mass is 10.2. The molecule has 1 aliphatic rings. The molecule has 1 N–H and O–H groups in total. The lowest BCUT2D eigenvalue weighted by molar-refractivity contribution is -0.172. The first-order chi connectivity index (χ1) is 4.16. The molecule has 0 saturated carbocycles. The first kappa shape index (κ1) is 6.99. The summed E-state index contributed by atoms with van der Waals surface area (Å²) < 4.78 is 4.88. The highest BCUT2D eigenvalue weighted by Crippen LogP contribution is 2.19. The zero-order valence-corrected chi connectivity index (χ0v) is 5.92. The van der Waals surface area contributed by atoms with Gasteiger partial charge >= 0.3 is 0 Å². The van der Waals surface area contributed by atoms with Crippen molar-refractivity contribution in [1.29, 1.82) is 0 Å². The first-order valence-electron chi connectivity index (χ1n) is 3.12. The molecule has 1 heterocycles. The third-order valence-corrected chi connectivity index (χ3v) is 1.78. The van der Waals surface area contributed by atoms with E-state index in [0.29, 0.717) is 6.54 Å². The molecular weight excluding hydrogens is 118 g/mol. The fourth-order valence-electron chi connectivity index (χ4n) is 1.11. The number of aliphatic hydroxyl groups is 1. The normalized spacial score (nSPS) is 37.7. The van der Waals surface area contributed by atoms with Crippen molar-refractivity contribution in [3.63, 3.8) is 0 Å². The molecule has 0 spiro atoms. The maximum absolute atomic E-state index is 9.41. The van der Waals surface area contributed by atoms with Gasteiger partial charge in [0.2, 0.25) is 0 Å². The Labute approximate surface area is 55.2 Å². The van der Waals surface area contributed by atoms with E-state index in [0.717, 1.165) is 13.0 Å². The van der Waals surface area contributed by atoms with Gasteiger partial charge in [-0.2, -0.15) is 0 Å². The van der Waals surface area contributed by atoms with Gasteiger partial charge in [-0.15, -0.1) is 0 Å². The third kappa shape index (κ3) is 1.41. The summed E-state index contributed by atoms with van der Waals surface area (Å²) in [6, 6.07) is 0. The summed E-state index contributed by atoms with van der Waals surface area (Å²) in [5.74, 6) is -0.866. The predicted molar refractivity (Wildman–Crippen MR) is 34.1 cm³/mol. The lowest BCUT2D eigenvalue weighted by Crippen LogP contribution is -2.33. The van der Waals surface area contributed by atoms with Crippen LogP contribution in [0.15, 0.2) is 0 Å². The van der Waals surface area contributed by atoms with E-state index < -0.39 is 5.79 Å². The second-order valence-corrected chi connectivity index (χ2v) is 2.64. The van der Waals surface area contributed by atoms with Crippen molar-refractivity contribution in [3.8, 4) is 0 Å². The van der Waals surface area contributed by atoms with Crippen molar-refractivity contribution < 1.29 is 9.84 Å². The second-order valence-electron chi connectivity index (χ2n) is 2.64. The monoisotopic (exact) mass is 131 g/mol. The molecule has 0 aromatic carbocycles. The summed E-state index contributed by atoms with van der Waals surface area (Å²) >= 11 is 0. The van der Waals surface area contributed by atoms with Crippen LogP contribution in [0.25, 0.3) is 0 Å². The lowest BCUT2D eigenvalue weighted by Gasteiger charge is -2.19. The average Bonchev–Trinajstić information content (AvgIpc) is 2.13. The van der Waals surface area contributed by atoms with Gasteiger partial charge < -0.3 is 14.7 Å². The van der Waals surface area contributed by atoms with E-state index in [2.05, 4.69) is 0 Å². The van der Waals surface area contributed by atoms with E-state index in [4.69, 9.17) is 4.74 Å². The standard InChI is InChI=1S/C6H13NO2/c1-7-4-3-6(8,5-7)9-2/h8H,3-5H2,1-2H3. The molecule has 54 valence electrons. The van der Waals surface area contributed by atoms with E-state index in [1.54, 1.807) is 7.11 Å². The molecule has 1 fully saturated rings.